The maximum atomic E-state index is 13.0. The standard InChI is InChI=1S/C18H20ClF3N6O/c1-2-23-15-5-6-16(26-25-15)27-7-9-28(10-8-27)17(29)24-12-3-4-14(19)13(11-12)18(20,21)22/h3-6,11H,2,7-10H2,1H3,(H,23,25)(H,24,29). The Labute approximate surface area is 170 Å². The van der Waals surface area contributed by atoms with E-state index in [0.717, 1.165) is 18.7 Å². The molecule has 2 aromatic rings. The minimum atomic E-state index is -4.59. The van der Waals surface area contributed by atoms with Crippen LogP contribution in [0.5, 0.6) is 0 Å². The van der Waals surface area contributed by atoms with Gasteiger partial charge in [-0.1, -0.05) is 11.6 Å². The number of anilines is 3. The number of piperazine rings is 1. The summed E-state index contributed by atoms with van der Waals surface area (Å²) in [7, 11) is 0. The third kappa shape index (κ3) is 5.20. The van der Waals surface area contributed by atoms with E-state index in [0.29, 0.717) is 37.8 Å². The van der Waals surface area contributed by atoms with Gasteiger partial charge in [-0.15, -0.1) is 10.2 Å². The Bertz CT molecular complexity index is 854. The van der Waals surface area contributed by atoms with Crippen molar-refractivity contribution in [3.63, 3.8) is 0 Å². The van der Waals surface area contributed by atoms with Crippen LogP contribution < -0.4 is 15.5 Å². The number of nitrogens with one attached hydrogen (secondary N) is 2. The van der Waals surface area contributed by atoms with Crippen LogP contribution in [0.3, 0.4) is 0 Å². The van der Waals surface area contributed by atoms with Gasteiger partial charge in [-0.25, -0.2) is 4.79 Å². The highest BCUT2D eigenvalue weighted by atomic mass is 35.5. The van der Waals surface area contributed by atoms with Crippen LogP contribution in [0.15, 0.2) is 30.3 Å². The number of hydrogen-bond donors (Lipinski definition) is 2. The number of urea groups is 1. The number of rotatable bonds is 4. The summed E-state index contributed by atoms with van der Waals surface area (Å²) < 4.78 is 38.9. The number of nitrogens with zero attached hydrogens (tertiary/aromatic N) is 4. The Morgan fingerprint density at radius 3 is 2.45 bits per heavy atom. The first kappa shape index (κ1) is 21.0. The Hall–Kier alpha value is -2.75. The lowest BCUT2D eigenvalue weighted by atomic mass is 10.2. The molecular weight excluding hydrogens is 409 g/mol. The van der Waals surface area contributed by atoms with Gasteiger partial charge in [0, 0.05) is 38.4 Å². The number of halogens is 4. The highest BCUT2D eigenvalue weighted by Crippen LogP contribution is 2.36. The third-order valence-electron chi connectivity index (χ3n) is 4.42. The molecule has 1 aromatic heterocycles. The molecule has 2 N–H and O–H groups in total. The predicted molar refractivity (Wildman–Crippen MR) is 105 cm³/mol. The fourth-order valence-electron chi connectivity index (χ4n) is 2.93. The van der Waals surface area contributed by atoms with Crippen LogP contribution >= 0.6 is 11.6 Å². The SMILES string of the molecule is CCNc1ccc(N2CCN(C(=O)Nc3ccc(Cl)c(C(F)(F)F)c3)CC2)nn1. The predicted octanol–water partition coefficient (Wildman–Crippen LogP) is 3.93. The minimum Gasteiger partial charge on any atom is -0.369 e. The Balaban J connectivity index is 1.58. The van der Waals surface area contributed by atoms with Gasteiger partial charge in [-0.3, -0.25) is 0 Å². The van der Waals surface area contributed by atoms with Crippen LogP contribution in [-0.4, -0.2) is 53.9 Å². The average molecular weight is 429 g/mol. The van der Waals surface area contributed by atoms with Crippen molar-refractivity contribution in [3.05, 3.63) is 40.9 Å². The van der Waals surface area contributed by atoms with Crippen LogP contribution in [0, 0.1) is 0 Å². The third-order valence-corrected chi connectivity index (χ3v) is 4.75. The molecule has 0 unspecified atom stereocenters. The monoisotopic (exact) mass is 428 g/mol. The summed E-state index contributed by atoms with van der Waals surface area (Å²) >= 11 is 5.60. The van der Waals surface area contributed by atoms with Crippen LogP contribution in [-0.2, 0) is 6.18 Å². The smallest absolute Gasteiger partial charge is 0.369 e. The molecule has 1 saturated heterocycles. The molecule has 1 fully saturated rings. The summed E-state index contributed by atoms with van der Waals surface area (Å²) in [6.45, 7) is 4.60. The zero-order valence-corrected chi connectivity index (χ0v) is 16.4. The van der Waals surface area contributed by atoms with Gasteiger partial charge in [0.15, 0.2) is 5.82 Å². The van der Waals surface area contributed by atoms with Crippen molar-refractivity contribution >= 4 is 35.0 Å². The van der Waals surface area contributed by atoms with Gasteiger partial charge in [0.2, 0.25) is 0 Å². The number of benzene rings is 1. The van der Waals surface area contributed by atoms with Gasteiger partial charge in [0.25, 0.3) is 0 Å². The molecule has 2 amide bonds. The normalized spacial score (nSPS) is 14.7. The molecule has 3 rings (SSSR count). The second-order valence-electron chi connectivity index (χ2n) is 6.40. The number of amides is 2. The number of carbonyl (C=O) groups is 1. The maximum absolute atomic E-state index is 13.0. The molecule has 0 spiro atoms. The molecule has 29 heavy (non-hydrogen) atoms. The van der Waals surface area contributed by atoms with E-state index in [1.807, 2.05) is 24.0 Å². The summed E-state index contributed by atoms with van der Waals surface area (Å²) in [5, 5.41) is 13.4. The molecule has 0 aliphatic carbocycles. The first-order valence-electron chi connectivity index (χ1n) is 9.03. The lowest BCUT2D eigenvalue weighted by Crippen LogP contribution is -2.50. The molecule has 0 radical (unpaired) electrons. The molecular formula is C18H20ClF3N6O. The largest absolute Gasteiger partial charge is 0.417 e. The van der Waals surface area contributed by atoms with Crippen LogP contribution in [0.25, 0.3) is 0 Å². The Morgan fingerprint density at radius 1 is 1.14 bits per heavy atom. The molecule has 1 aromatic carbocycles. The van der Waals surface area contributed by atoms with Crippen molar-refractivity contribution in [3.8, 4) is 0 Å². The summed E-state index contributed by atoms with van der Waals surface area (Å²) in [5.41, 5.74) is -0.944. The van der Waals surface area contributed by atoms with Gasteiger partial charge in [-0.05, 0) is 37.3 Å². The lowest BCUT2D eigenvalue weighted by molar-refractivity contribution is -0.137. The van der Waals surface area contributed by atoms with Crippen LogP contribution in [0.1, 0.15) is 12.5 Å². The molecule has 0 saturated carbocycles. The van der Waals surface area contributed by atoms with E-state index in [4.69, 9.17) is 11.6 Å². The zero-order chi connectivity index (χ0) is 21.0. The van der Waals surface area contributed by atoms with E-state index >= 15 is 0 Å². The van der Waals surface area contributed by atoms with Gasteiger partial charge >= 0.3 is 12.2 Å². The highest BCUT2D eigenvalue weighted by Gasteiger charge is 2.33. The Kier molecular flexibility index (Phi) is 6.31. The first-order valence-corrected chi connectivity index (χ1v) is 9.41. The number of aromatic nitrogens is 2. The Morgan fingerprint density at radius 2 is 1.86 bits per heavy atom. The van der Waals surface area contributed by atoms with Gasteiger partial charge in [0.05, 0.1) is 10.6 Å². The van der Waals surface area contributed by atoms with E-state index in [9.17, 15) is 18.0 Å². The molecule has 11 heteroatoms. The second-order valence-corrected chi connectivity index (χ2v) is 6.81. The summed E-state index contributed by atoms with van der Waals surface area (Å²) in [4.78, 5) is 16.0. The highest BCUT2D eigenvalue weighted by molar-refractivity contribution is 6.31. The van der Waals surface area contributed by atoms with Crippen molar-refractivity contribution in [2.75, 3.05) is 48.3 Å². The van der Waals surface area contributed by atoms with Crippen molar-refractivity contribution < 1.29 is 18.0 Å². The molecule has 7 nitrogen and oxygen atoms in total. The van der Waals surface area contributed by atoms with E-state index in [1.165, 1.54) is 6.07 Å². The van der Waals surface area contributed by atoms with Crippen molar-refractivity contribution in [1.29, 1.82) is 0 Å². The molecule has 156 valence electrons. The van der Waals surface area contributed by atoms with Crippen molar-refractivity contribution in [2.45, 2.75) is 13.1 Å². The maximum Gasteiger partial charge on any atom is 0.417 e. The van der Waals surface area contributed by atoms with Gasteiger partial charge in [-0.2, -0.15) is 13.2 Å². The number of alkyl halides is 3. The summed E-state index contributed by atoms with van der Waals surface area (Å²) in [6, 6.07) is 6.52. The van der Waals surface area contributed by atoms with Crippen LogP contribution in [0.4, 0.5) is 35.3 Å². The van der Waals surface area contributed by atoms with Crippen LogP contribution in [0.2, 0.25) is 5.02 Å². The van der Waals surface area contributed by atoms with E-state index in [2.05, 4.69) is 20.8 Å². The molecule has 2 heterocycles. The average Bonchev–Trinajstić information content (AvgIpc) is 2.69. The minimum absolute atomic E-state index is 0.0408. The lowest BCUT2D eigenvalue weighted by Gasteiger charge is -2.35. The fourth-order valence-corrected chi connectivity index (χ4v) is 3.16. The first-order chi connectivity index (χ1) is 13.8. The quantitative estimate of drug-likeness (QED) is 0.771. The van der Waals surface area contributed by atoms with Gasteiger partial charge in [0.1, 0.15) is 5.82 Å². The molecule has 1 aliphatic rings. The van der Waals surface area contributed by atoms with E-state index in [-0.39, 0.29) is 5.69 Å². The van der Waals surface area contributed by atoms with Crippen molar-refractivity contribution in [2.24, 2.45) is 0 Å². The zero-order valence-electron chi connectivity index (χ0n) is 15.6. The van der Waals surface area contributed by atoms with Crippen molar-refractivity contribution in [1.82, 2.24) is 15.1 Å². The second kappa shape index (κ2) is 8.73. The molecule has 1 aliphatic heterocycles. The molecule has 0 bridgehead atoms. The summed E-state index contributed by atoms with van der Waals surface area (Å²) in [5.74, 6) is 1.40. The number of carbonyl (C=O) groups excluding carboxylic acids is 1. The van der Waals surface area contributed by atoms with E-state index in [1.54, 1.807) is 4.90 Å². The van der Waals surface area contributed by atoms with E-state index < -0.39 is 22.8 Å². The molecule has 0 atom stereocenters. The fraction of sp³-hybridized carbons (Fsp3) is 0.389. The number of hydrogen-bond acceptors (Lipinski definition) is 5. The topological polar surface area (TPSA) is 73.4 Å². The summed E-state index contributed by atoms with van der Waals surface area (Å²) in [6.07, 6.45) is -4.59. The van der Waals surface area contributed by atoms with Gasteiger partial charge < -0.3 is 20.4 Å².